The number of carbonyl (C=O) groups excluding carboxylic acids is 1. The van der Waals surface area contributed by atoms with Gasteiger partial charge in [0.05, 0.1) is 11.9 Å². The van der Waals surface area contributed by atoms with Crippen molar-refractivity contribution in [3.63, 3.8) is 0 Å². The van der Waals surface area contributed by atoms with Crippen molar-refractivity contribution in [3.8, 4) is 0 Å². The van der Waals surface area contributed by atoms with Crippen LogP contribution in [0.15, 0.2) is 48.5 Å². The van der Waals surface area contributed by atoms with Crippen molar-refractivity contribution in [2.75, 3.05) is 10.6 Å². The van der Waals surface area contributed by atoms with Crippen LogP contribution in [0, 0.1) is 12.7 Å². The highest BCUT2D eigenvalue weighted by Crippen LogP contribution is 2.21. The van der Waals surface area contributed by atoms with Crippen molar-refractivity contribution >= 4 is 21.6 Å². The first-order chi connectivity index (χ1) is 11.7. The van der Waals surface area contributed by atoms with E-state index in [0.717, 1.165) is 27.8 Å². The van der Waals surface area contributed by atoms with Gasteiger partial charge >= 0.3 is 0 Å². The Morgan fingerprint density at radius 1 is 1.20 bits per heavy atom. The number of sulfonamides is 1. The molecule has 25 heavy (non-hydrogen) atoms. The van der Waals surface area contributed by atoms with Crippen molar-refractivity contribution in [1.82, 2.24) is 5.32 Å². The van der Waals surface area contributed by atoms with Gasteiger partial charge in [-0.25, -0.2) is 12.8 Å². The molecule has 1 amide bonds. The summed E-state index contributed by atoms with van der Waals surface area (Å²) in [5.41, 5.74) is 2.09. The van der Waals surface area contributed by atoms with E-state index < -0.39 is 27.8 Å². The fourth-order valence-electron chi connectivity index (χ4n) is 2.58. The van der Waals surface area contributed by atoms with Crippen LogP contribution in [0.2, 0.25) is 0 Å². The second-order valence-electron chi connectivity index (χ2n) is 5.92. The summed E-state index contributed by atoms with van der Waals surface area (Å²) in [5.74, 6) is -1.03. The molecular weight excluding hydrogens is 343 g/mol. The molecule has 0 bridgehead atoms. The van der Waals surface area contributed by atoms with Crippen molar-refractivity contribution in [2.45, 2.75) is 26.4 Å². The van der Waals surface area contributed by atoms with Gasteiger partial charge in [0.2, 0.25) is 15.9 Å². The van der Waals surface area contributed by atoms with E-state index in [4.69, 9.17) is 0 Å². The normalized spacial score (nSPS) is 12.5. The number of nitrogens with one attached hydrogen (secondary N) is 1. The van der Waals surface area contributed by atoms with E-state index in [1.165, 1.54) is 25.1 Å². The highest BCUT2D eigenvalue weighted by atomic mass is 32.2. The van der Waals surface area contributed by atoms with E-state index in [1.54, 1.807) is 0 Å². The Balaban J connectivity index is 2.18. The monoisotopic (exact) mass is 364 g/mol. The first-order valence-electron chi connectivity index (χ1n) is 7.76. The van der Waals surface area contributed by atoms with Crippen molar-refractivity contribution in [1.29, 1.82) is 0 Å². The lowest BCUT2D eigenvalue weighted by Gasteiger charge is -2.28. The topological polar surface area (TPSA) is 66.5 Å². The molecule has 2 aromatic carbocycles. The zero-order chi connectivity index (χ0) is 18.6. The number of hydrogen-bond acceptors (Lipinski definition) is 3. The van der Waals surface area contributed by atoms with E-state index in [9.17, 15) is 17.6 Å². The van der Waals surface area contributed by atoms with Crippen LogP contribution >= 0.6 is 0 Å². The standard InChI is InChI=1S/C18H21FN2O3S/c1-13-6-4-7-15(10-13)12-20-18(22)14(2)21(25(3,23)24)17-9-5-8-16(19)11-17/h4-11,14H,12H2,1-3H3,(H,20,22)/t14-/m1/s1. The van der Waals surface area contributed by atoms with Gasteiger partial charge in [0.1, 0.15) is 11.9 Å². The zero-order valence-electron chi connectivity index (χ0n) is 14.4. The van der Waals surface area contributed by atoms with Crippen molar-refractivity contribution in [2.24, 2.45) is 0 Å². The van der Waals surface area contributed by atoms with Crippen LogP contribution in [0.3, 0.4) is 0 Å². The maximum atomic E-state index is 13.5. The number of halogens is 1. The molecule has 7 heteroatoms. The fraction of sp³-hybridized carbons (Fsp3) is 0.278. The summed E-state index contributed by atoms with van der Waals surface area (Å²) in [6, 6.07) is 11.8. The molecule has 5 nitrogen and oxygen atoms in total. The molecule has 0 radical (unpaired) electrons. The molecule has 0 fully saturated rings. The zero-order valence-corrected chi connectivity index (χ0v) is 15.2. The number of aryl methyl sites for hydroxylation is 1. The first kappa shape index (κ1) is 18.9. The molecule has 1 atom stereocenters. The molecule has 0 heterocycles. The molecule has 0 aliphatic rings. The van der Waals surface area contributed by atoms with Gasteiger partial charge in [-0.05, 0) is 37.6 Å². The SMILES string of the molecule is Cc1cccc(CNC(=O)[C@@H](C)N(c2cccc(F)c2)S(C)(=O)=O)c1. The first-order valence-corrected chi connectivity index (χ1v) is 9.61. The summed E-state index contributed by atoms with van der Waals surface area (Å²) in [6.07, 6.45) is 0.988. The summed E-state index contributed by atoms with van der Waals surface area (Å²) in [6.45, 7) is 3.70. The van der Waals surface area contributed by atoms with Crippen molar-refractivity contribution < 1.29 is 17.6 Å². The maximum Gasteiger partial charge on any atom is 0.243 e. The van der Waals surface area contributed by atoms with Gasteiger partial charge in [0.25, 0.3) is 0 Å². The predicted molar refractivity (Wildman–Crippen MR) is 96.2 cm³/mol. The molecule has 0 aliphatic carbocycles. The molecular formula is C18H21FN2O3S. The van der Waals surface area contributed by atoms with Crippen LogP contribution in [0.5, 0.6) is 0 Å². The maximum absolute atomic E-state index is 13.5. The molecule has 0 spiro atoms. The quantitative estimate of drug-likeness (QED) is 0.857. The van der Waals surface area contributed by atoms with Gasteiger partial charge in [-0.2, -0.15) is 0 Å². The van der Waals surface area contributed by atoms with Gasteiger partial charge in [-0.15, -0.1) is 0 Å². The van der Waals surface area contributed by atoms with E-state index in [0.29, 0.717) is 0 Å². The highest BCUT2D eigenvalue weighted by Gasteiger charge is 2.29. The van der Waals surface area contributed by atoms with Gasteiger partial charge < -0.3 is 5.32 Å². The third kappa shape index (κ3) is 5.03. The Morgan fingerprint density at radius 3 is 2.48 bits per heavy atom. The Labute approximate surface area is 147 Å². The average molecular weight is 364 g/mol. The molecule has 134 valence electrons. The fourth-order valence-corrected chi connectivity index (χ4v) is 3.75. The minimum Gasteiger partial charge on any atom is -0.350 e. The molecule has 2 aromatic rings. The summed E-state index contributed by atoms with van der Waals surface area (Å²) < 4.78 is 38.6. The third-order valence-electron chi connectivity index (χ3n) is 3.70. The summed E-state index contributed by atoms with van der Waals surface area (Å²) in [5, 5.41) is 2.72. The van der Waals surface area contributed by atoms with E-state index in [-0.39, 0.29) is 12.2 Å². The highest BCUT2D eigenvalue weighted by molar-refractivity contribution is 7.92. The summed E-state index contributed by atoms with van der Waals surface area (Å²) in [7, 11) is -3.76. The van der Waals surface area contributed by atoms with Gasteiger partial charge in [-0.1, -0.05) is 35.9 Å². The largest absolute Gasteiger partial charge is 0.350 e. The molecule has 0 aromatic heterocycles. The number of rotatable bonds is 6. The van der Waals surface area contributed by atoms with Crippen LogP contribution in [0.1, 0.15) is 18.1 Å². The predicted octanol–water partition coefficient (Wildman–Crippen LogP) is 2.61. The number of nitrogens with zero attached hydrogens (tertiary/aromatic N) is 1. The second-order valence-corrected chi connectivity index (χ2v) is 7.78. The smallest absolute Gasteiger partial charge is 0.243 e. The van der Waals surface area contributed by atoms with Gasteiger partial charge in [-0.3, -0.25) is 9.10 Å². The minimum atomic E-state index is -3.76. The van der Waals surface area contributed by atoms with Gasteiger partial charge in [0, 0.05) is 6.54 Å². The van der Waals surface area contributed by atoms with Crippen LogP contribution < -0.4 is 9.62 Å². The molecule has 1 N–H and O–H groups in total. The number of benzene rings is 2. The molecule has 0 saturated carbocycles. The Bertz CT molecular complexity index is 868. The number of anilines is 1. The summed E-state index contributed by atoms with van der Waals surface area (Å²) >= 11 is 0. The lowest BCUT2D eigenvalue weighted by molar-refractivity contribution is -0.122. The molecule has 0 unspecified atom stereocenters. The third-order valence-corrected chi connectivity index (χ3v) is 4.94. The van der Waals surface area contributed by atoms with Crippen LogP contribution in [-0.4, -0.2) is 26.6 Å². The van der Waals surface area contributed by atoms with Gasteiger partial charge in [0.15, 0.2) is 0 Å². The van der Waals surface area contributed by atoms with E-state index in [2.05, 4.69) is 5.32 Å². The number of hydrogen-bond donors (Lipinski definition) is 1. The average Bonchev–Trinajstić information content (AvgIpc) is 2.51. The molecule has 0 aliphatic heterocycles. The van der Waals surface area contributed by atoms with Crippen LogP contribution in [-0.2, 0) is 21.4 Å². The lowest BCUT2D eigenvalue weighted by Crippen LogP contribution is -2.47. The van der Waals surface area contributed by atoms with E-state index >= 15 is 0 Å². The molecule has 2 rings (SSSR count). The Hall–Kier alpha value is -2.41. The second kappa shape index (κ2) is 7.65. The van der Waals surface area contributed by atoms with Crippen molar-refractivity contribution in [3.05, 3.63) is 65.5 Å². The van der Waals surface area contributed by atoms with Crippen LogP contribution in [0.25, 0.3) is 0 Å². The molecule has 0 saturated heterocycles. The summed E-state index contributed by atoms with van der Waals surface area (Å²) in [4.78, 5) is 12.4. The number of amides is 1. The van der Waals surface area contributed by atoms with Crippen LogP contribution in [0.4, 0.5) is 10.1 Å². The minimum absolute atomic E-state index is 0.112. The lowest BCUT2D eigenvalue weighted by atomic mass is 10.1. The Kier molecular flexibility index (Phi) is 5.79. The number of carbonyl (C=O) groups is 1. The van der Waals surface area contributed by atoms with E-state index in [1.807, 2.05) is 31.2 Å². The Morgan fingerprint density at radius 2 is 1.88 bits per heavy atom.